The minimum Gasteiger partial charge on any atom is -0.450 e. The number of carbonyl (C=O) groups excluding carboxylic acids is 3. The van der Waals surface area contributed by atoms with Crippen molar-refractivity contribution in [3.05, 3.63) is 28.7 Å². The highest BCUT2D eigenvalue weighted by molar-refractivity contribution is 9.10. The summed E-state index contributed by atoms with van der Waals surface area (Å²) in [7, 11) is 0. The number of anilines is 2. The zero-order chi connectivity index (χ0) is 19.6. The molecular formula is C15H16BrN5O4S2. The SMILES string of the molecule is CCOC(=O)Nc1nnc(SCC(=O)NCC(=O)Nc2ccccc2Br)s1. The van der Waals surface area contributed by atoms with E-state index in [4.69, 9.17) is 4.74 Å². The number of hydrogen-bond donors (Lipinski definition) is 3. The maximum Gasteiger partial charge on any atom is 0.413 e. The highest BCUT2D eigenvalue weighted by Crippen LogP contribution is 2.25. The first-order chi connectivity index (χ1) is 13.0. The summed E-state index contributed by atoms with van der Waals surface area (Å²) in [5.41, 5.74) is 0.626. The van der Waals surface area contributed by atoms with Crippen LogP contribution >= 0.6 is 39.0 Å². The van der Waals surface area contributed by atoms with E-state index in [2.05, 4.69) is 42.1 Å². The van der Waals surface area contributed by atoms with Crippen LogP contribution in [0.3, 0.4) is 0 Å². The number of nitrogens with one attached hydrogen (secondary N) is 3. The lowest BCUT2D eigenvalue weighted by atomic mass is 10.3. The molecule has 12 heteroatoms. The molecule has 0 aliphatic carbocycles. The van der Waals surface area contributed by atoms with Gasteiger partial charge in [0.05, 0.1) is 24.6 Å². The van der Waals surface area contributed by atoms with E-state index in [1.165, 1.54) is 0 Å². The number of ether oxygens (including phenoxy) is 1. The van der Waals surface area contributed by atoms with Gasteiger partial charge in [-0.05, 0) is 35.0 Å². The second-order valence-corrected chi connectivity index (χ2v) is 7.87. The van der Waals surface area contributed by atoms with Crippen LogP contribution in [0.4, 0.5) is 15.6 Å². The molecule has 0 aliphatic rings. The Morgan fingerprint density at radius 3 is 2.70 bits per heavy atom. The molecule has 3 amide bonds. The van der Waals surface area contributed by atoms with Crippen LogP contribution < -0.4 is 16.0 Å². The van der Waals surface area contributed by atoms with Crippen molar-refractivity contribution in [3.8, 4) is 0 Å². The van der Waals surface area contributed by atoms with Gasteiger partial charge in [0, 0.05) is 4.47 Å². The van der Waals surface area contributed by atoms with E-state index in [1.54, 1.807) is 25.1 Å². The molecule has 27 heavy (non-hydrogen) atoms. The molecule has 1 heterocycles. The third kappa shape index (κ3) is 7.53. The van der Waals surface area contributed by atoms with Gasteiger partial charge in [0.2, 0.25) is 16.9 Å². The topological polar surface area (TPSA) is 122 Å². The number of halogens is 1. The van der Waals surface area contributed by atoms with Crippen molar-refractivity contribution in [1.82, 2.24) is 15.5 Å². The van der Waals surface area contributed by atoms with E-state index in [0.29, 0.717) is 10.0 Å². The Labute approximate surface area is 171 Å². The van der Waals surface area contributed by atoms with Gasteiger partial charge in [0.25, 0.3) is 0 Å². The second-order valence-electron chi connectivity index (χ2n) is 4.81. The van der Waals surface area contributed by atoms with E-state index < -0.39 is 6.09 Å². The minimum absolute atomic E-state index is 0.0658. The van der Waals surface area contributed by atoms with Gasteiger partial charge >= 0.3 is 6.09 Å². The second kappa shape index (κ2) is 10.8. The average Bonchev–Trinajstić information content (AvgIpc) is 3.07. The summed E-state index contributed by atoms with van der Waals surface area (Å²) in [4.78, 5) is 35.0. The highest BCUT2D eigenvalue weighted by atomic mass is 79.9. The Hall–Kier alpha value is -2.18. The van der Waals surface area contributed by atoms with Crippen LogP contribution in [-0.2, 0) is 14.3 Å². The van der Waals surface area contributed by atoms with E-state index in [9.17, 15) is 14.4 Å². The quantitative estimate of drug-likeness (QED) is 0.397. The first-order valence-corrected chi connectivity index (χ1v) is 10.3. The van der Waals surface area contributed by atoms with Crippen LogP contribution in [0.2, 0.25) is 0 Å². The number of nitrogens with zero attached hydrogens (tertiary/aromatic N) is 2. The molecule has 0 unspecified atom stereocenters. The molecule has 9 nitrogen and oxygen atoms in total. The van der Waals surface area contributed by atoms with Crippen molar-refractivity contribution in [3.63, 3.8) is 0 Å². The Morgan fingerprint density at radius 2 is 1.96 bits per heavy atom. The molecule has 0 bridgehead atoms. The normalized spacial score (nSPS) is 10.1. The summed E-state index contributed by atoms with van der Waals surface area (Å²) in [6.45, 7) is 1.80. The Bertz CT molecular complexity index is 817. The summed E-state index contributed by atoms with van der Waals surface area (Å²) in [5.74, 6) is -0.592. The first-order valence-electron chi connectivity index (χ1n) is 7.69. The lowest BCUT2D eigenvalue weighted by Crippen LogP contribution is -2.33. The Morgan fingerprint density at radius 1 is 1.19 bits per heavy atom. The molecule has 144 valence electrons. The molecule has 0 aliphatic heterocycles. The van der Waals surface area contributed by atoms with E-state index in [0.717, 1.165) is 27.6 Å². The Balaban J connectivity index is 1.70. The van der Waals surface area contributed by atoms with Gasteiger partial charge in [-0.1, -0.05) is 35.2 Å². The van der Waals surface area contributed by atoms with Crippen LogP contribution in [0.25, 0.3) is 0 Å². The van der Waals surface area contributed by atoms with Crippen molar-refractivity contribution in [2.75, 3.05) is 29.5 Å². The molecule has 0 atom stereocenters. The van der Waals surface area contributed by atoms with E-state index in [1.807, 2.05) is 6.07 Å². The van der Waals surface area contributed by atoms with E-state index in [-0.39, 0.29) is 35.9 Å². The molecule has 1 aromatic heterocycles. The number of rotatable bonds is 8. The molecule has 0 saturated carbocycles. The lowest BCUT2D eigenvalue weighted by molar-refractivity contribution is -0.122. The van der Waals surface area contributed by atoms with Crippen LogP contribution in [-0.4, -0.2) is 47.0 Å². The van der Waals surface area contributed by atoms with Crippen molar-refractivity contribution in [1.29, 1.82) is 0 Å². The monoisotopic (exact) mass is 473 g/mol. The van der Waals surface area contributed by atoms with Crippen LogP contribution in [0.1, 0.15) is 6.92 Å². The van der Waals surface area contributed by atoms with Crippen LogP contribution in [0.5, 0.6) is 0 Å². The van der Waals surface area contributed by atoms with Crippen molar-refractivity contribution in [2.24, 2.45) is 0 Å². The summed E-state index contributed by atoms with van der Waals surface area (Å²) >= 11 is 5.60. The maximum atomic E-state index is 11.9. The highest BCUT2D eigenvalue weighted by Gasteiger charge is 2.12. The molecule has 0 spiro atoms. The van der Waals surface area contributed by atoms with E-state index >= 15 is 0 Å². The summed E-state index contributed by atoms with van der Waals surface area (Å²) in [6, 6.07) is 7.18. The predicted molar refractivity (Wildman–Crippen MR) is 107 cm³/mol. The minimum atomic E-state index is -0.612. The summed E-state index contributed by atoms with van der Waals surface area (Å²) in [6.07, 6.45) is -0.612. The molecule has 2 rings (SSSR count). The molecular weight excluding hydrogens is 458 g/mol. The maximum absolute atomic E-state index is 11.9. The number of hydrogen-bond acceptors (Lipinski definition) is 8. The fourth-order valence-corrected chi connectivity index (χ4v) is 3.64. The predicted octanol–water partition coefficient (Wildman–Crippen LogP) is 2.72. The first kappa shape index (κ1) is 21.1. The molecule has 1 aromatic carbocycles. The average molecular weight is 474 g/mol. The van der Waals surface area contributed by atoms with Gasteiger partial charge in [0.15, 0.2) is 4.34 Å². The number of aromatic nitrogens is 2. The molecule has 3 N–H and O–H groups in total. The van der Waals surface area contributed by atoms with Crippen LogP contribution in [0.15, 0.2) is 33.1 Å². The van der Waals surface area contributed by atoms with Crippen LogP contribution in [0, 0.1) is 0 Å². The van der Waals surface area contributed by atoms with Crippen molar-refractivity contribution in [2.45, 2.75) is 11.3 Å². The van der Waals surface area contributed by atoms with Gasteiger partial charge in [-0.3, -0.25) is 14.9 Å². The summed E-state index contributed by atoms with van der Waals surface area (Å²) < 4.78 is 6.00. The zero-order valence-electron chi connectivity index (χ0n) is 14.2. The number of benzene rings is 1. The number of thioether (sulfide) groups is 1. The third-order valence-electron chi connectivity index (χ3n) is 2.81. The van der Waals surface area contributed by atoms with Crippen molar-refractivity contribution >= 4 is 67.8 Å². The molecule has 2 aromatic rings. The third-order valence-corrected chi connectivity index (χ3v) is 5.48. The largest absolute Gasteiger partial charge is 0.450 e. The summed E-state index contributed by atoms with van der Waals surface area (Å²) in [5, 5.41) is 15.6. The standard InChI is InChI=1S/C15H16BrN5O4S2/c1-2-25-14(24)19-13-20-21-15(27-13)26-8-12(23)17-7-11(22)18-10-6-4-3-5-9(10)16/h3-6H,2,7-8H2,1H3,(H,17,23)(H,18,22)(H,19,20,24). The fourth-order valence-electron chi connectivity index (χ4n) is 1.69. The van der Waals surface area contributed by atoms with Crippen molar-refractivity contribution < 1.29 is 19.1 Å². The molecule has 0 saturated heterocycles. The van der Waals surface area contributed by atoms with Gasteiger partial charge in [-0.15, -0.1) is 10.2 Å². The zero-order valence-corrected chi connectivity index (χ0v) is 17.4. The molecule has 0 fully saturated rings. The Kier molecular flexibility index (Phi) is 8.48. The molecule has 0 radical (unpaired) electrons. The lowest BCUT2D eigenvalue weighted by Gasteiger charge is -2.08. The van der Waals surface area contributed by atoms with Gasteiger partial charge in [-0.2, -0.15) is 0 Å². The van der Waals surface area contributed by atoms with Gasteiger partial charge in [0.1, 0.15) is 0 Å². The van der Waals surface area contributed by atoms with Gasteiger partial charge < -0.3 is 15.4 Å². The number of amides is 3. The smallest absolute Gasteiger partial charge is 0.413 e. The number of carbonyl (C=O) groups is 3. The van der Waals surface area contributed by atoms with Gasteiger partial charge in [-0.25, -0.2) is 4.79 Å². The number of para-hydroxylation sites is 1. The fraction of sp³-hybridized carbons (Fsp3) is 0.267.